The Balaban J connectivity index is 1.55. The summed E-state index contributed by atoms with van der Waals surface area (Å²) in [6.45, 7) is 1.06. The van der Waals surface area contributed by atoms with E-state index in [9.17, 15) is 14.7 Å². The van der Waals surface area contributed by atoms with E-state index >= 15 is 0 Å². The van der Waals surface area contributed by atoms with Crippen molar-refractivity contribution in [3.63, 3.8) is 0 Å². The van der Waals surface area contributed by atoms with Crippen molar-refractivity contribution in [2.75, 3.05) is 20.2 Å². The summed E-state index contributed by atoms with van der Waals surface area (Å²) < 4.78 is 4.45. The highest BCUT2D eigenvalue weighted by atomic mass is 16.5. The molecule has 0 spiro atoms. The van der Waals surface area contributed by atoms with E-state index < -0.39 is 6.09 Å². The third-order valence-electron chi connectivity index (χ3n) is 4.96. The van der Waals surface area contributed by atoms with Gasteiger partial charge in [-0.15, -0.1) is 0 Å². The summed E-state index contributed by atoms with van der Waals surface area (Å²) in [5.41, 5.74) is 0. The van der Waals surface area contributed by atoms with Crippen LogP contribution in [0.4, 0.5) is 4.79 Å². The smallest absolute Gasteiger partial charge is 0.406 e. The van der Waals surface area contributed by atoms with Crippen molar-refractivity contribution in [3.05, 3.63) is 0 Å². The maximum atomic E-state index is 12.2. The van der Waals surface area contributed by atoms with Crippen molar-refractivity contribution in [1.29, 1.82) is 0 Å². The minimum atomic E-state index is -0.518. The molecule has 3 rings (SSSR count). The van der Waals surface area contributed by atoms with Crippen molar-refractivity contribution < 1.29 is 19.4 Å². The van der Waals surface area contributed by atoms with Crippen LogP contribution in [-0.4, -0.2) is 54.4 Å². The zero-order valence-corrected chi connectivity index (χ0v) is 11.0. The molecule has 0 radical (unpaired) electrons. The van der Waals surface area contributed by atoms with E-state index in [2.05, 4.69) is 10.1 Å². The molecular formula is C13H20N2O4. The van der Waals surface area contributed by atoms with Crippen LogP contribution >= 0.6 is 0 Å². The van der Waals surface area contributed by atoms with Crippen LogP contribution in [0.15, 0.2) is 0 Å². The largest absolute Gasteiger partial charge is 0.453 e. The van der Waals surface area contributed by atoms with Crippen molar-refractivity contribution in [1.82, 2.24) is 10.2 Å². The number of fused-ring (bicyclic) bond motifs is 1. The molecule has 2 saturated carbocycles. The third-order valence-corrected chi connectivity index (χ3v) is 4.96. The number of amides is 2. The number of aliphatic hydroxyl groups is 1. The van der Waals surface area contributed by atoms with E-state index in [0.29, 0.717) is 17.8 Å². The van der Waals surface area contributed by atoms with Crippen LogP contribution in [0, 0.1) is 17.8 Å². The van der Waals surface area contributed by atoms with E-state index in [1.54, 1.807) is 0 Å². The summed E-state index contributed by atoms with van der Waals surface area (Å²) in [5, 5.41) is 12.7. The number of rotatable bonds is 3. The first kappa shape index (κ1) is 12.7. The van der Waals surface area contributed by atoms with Gasteiger partial charge in [0.15, 0.2) is 0 Å². The minimum absolute atomic E-state index is 0.0226. The number of hydrogen-bond donors (Lipinski definition) is 2. The summed E-state index contributed by atoms with van der Waals surface area (Å²) >= 11 is 0. The second-order valence-corrected chi connectivity index (χ2v) is 5.85. The van der Waals surface area contributed by atoms with Gasteiger partial charge in [-0.25, -0.2) is 4.79 Å². The minimum Gasteiger partial charge on any atom is -0.453 e. The van der Waals surface area contributed by atoms with E-state index in [-0.39, 0.29) is 31.0 Å². The summed E-state index contributed by atoms with van der Waals surface area (Å²) in [4.78, 5) is 24.9. The molecule has 106 valence electrons. The van der Waals surface area contributed by atoms with Gasteiger partial charge < -0.3 is 20.1 Å². The number of carbonyl (C=O) groups excluding carboxylic acids is 2. The molecule has 6 nitrogen and oxygen atoms in total. The number of nitrogens with one attached hydrogen (secondary N) is 1. The fourth-order valence-electron chi connectivity index (χ4n) is 4.19. The van der Waals surface area contributed by atoms with Gasteiger partial charge in [0, 0.05) is 19.5 Å². The van der Waals surface area contributed by atoms with E-state index in [4.69, 9.17) is 0 Å². The van der Waals surface area contributed by atoms with Crippen molar-refractivity contribution in [3.8, 4) is 0 Å². The lowest BCUT2D eigenvalue weighted by atomic mass is 9.88. The topological polar surface area (TPSA) is 78.9 Å². The molecule has 0 aromatic carbocycles. The number of hydrogen-bond acceptors (Lipinski definition) is 4. The molecule has 0 unspecified atom stereocenters. The number of aliphatic hydroxyl groups excluding tert-OH is 1. The third kappa shape index (κ3) is 1.98. The van der Waals surface area contributed by atoms with Crippen LogP contribution in [0.5, 0.6) is 0 Å². The standard InChI is InChI=1S/C13H20N2O4/c1-19-13(18)14-3-2-10(16)15-6-8-4-7-5-9(8)11(15)12(7)17/h7-9,11-12,17H,2-6H2,1H3,(H,14,18)/t7-,8-,9+,11-,12-/m0/s1. The first-order valence-corrected chi connectivity index (χ1v) is 6.91. The fourth-order valence-corrected chi connectivity index (χ4v) is 4.19. The lowest BCUT2D eigenvalue weighted by Gasteiger charge is -2.28. The predicted octanol–water partition coefficient (Wildman–Crippen LogP) is -0.0398. The lowest BCUT2D eigenvalue weighted by Crippen LogP contribution is -2.44. The molecule has 19 heavy (non-hydrogen) atoms. The second kappa shape index (κ2) is 4.67. The van der Waals surface area contributed by atoms with Crippen molar-refractivity contribution in [2.24, 2.45) is 17.8 Å². The molecule has 3 fully saturated rings. The fraction of sp³-hybridized carbons (Fsp3) is 0.846. The van der Waals surface area contributed by atoms with Crippen LogP contribution in [0.3, 0.4) is 0 Å². The molecule has 1 aliphatic heterocycles. The highest BCUT2D eigenvalue weighted by molar-refractivity contribution is 5.78. The maximum absolute atomic E-state index is 12.2. The number of nitrogens with zero attached hydrogens (tertiary/aromatic N) is 1. The number of ether oxygens (including phenoxy) is 1. The van der Waals surface area contributed by atoms with E-state index in [1.165, 1.54) is 7.11 Å². The molecule has 3 aliphatic rings. The van der Waals surface area contributed by atoms with E-state index in [1.807, 2.05) is 4.90 Å². The number of alkyl carbamates (subject to hydrolysis) is 1. The van der Waals surface area contributed by atoms with Gasteiger partial charge in [0.05, 0.1) is 19.3 Å². The average molecular weight is 268 g/mol. The van der Waals surface area contributed by atoms with Crippen LogP contribution in [0.2, 0.25) is 0 Å². The zero-order chi connectivity index (χ0) is 13.6. The number of methoxy groups -OCH3 is 1. The van der Waals surface area contributed by atoms with Crippen LogP contribution in [0.25, 0.3) is 0 Å². The molecule has 2 amide bonds. The predicted molar refractivity (Wildman–Crippen MR) is 66.2 cm³/mol. The highest BCUT2D eigenvalue weighted by Crippen LogP contribution is 2.54. The molecule has 2 N–H and O–H groups in total. The highest BCUT2D eigenvalue weighted by Gasteiger charge is 2.59. The van der Waals surface area contributed by atoms with Gasteiger partial charge in [-0.3, -0.25) is 4.79 Å². The molecular weight excluding hydrogens is 248 g/mol. The van der Waals surface area contributed by atoms with Gasteiger partial charge in [0.25, 0.3) is 0 Å². The Labute approximate surface area is 112 Å². The van der Waals surface area contributed by atoms with Crippen LogP contribution < -0.4 is 5.32 Å². The molecule has 0 aromatic rings. The molecule has 0 aromatic heterocycles. The number of likely N-dealkylation sites (tertiary alicyclic amines) is 1. The van der Waals surface area contributed by atoms with Crippen LogP contribution in [-0.2, 0) is 9.53 Å². The average Bonchev–Trinajstić information content (AvgIpc) is 2.99. The quantitative estimate of drug-likeness (QED) is 0.753. The van der Waals surface area contributed by atoms with E-state index in [0.717, 1.165) is 19.4 Å². The Morgan fingerprint density at radius 1 is 1.37 bits per heavy atom. The van der Waals surface area contributed by atoms with Crippen LogP contribution in [0.1, 0.15) is 19.3 Å². The zero-order valence-electron chi connectivity index (χ0n) is 11.0. The number of carbonyl (C=O) groups is 2. The second-order valence-electron chi connectivity index (χ2n) is 5.85. The Bertz CT molecular complexity index is 398. The summed E-state index contributed by atoms with van der Waals surface area (Å²) in [7, 11) is 1.30. The molecule has 2 aliphatic carbocycles. The van der Waals surface area contributed by atoms with Gasteiger partial charge in [-0.05, 0) is 30.6 Å². The molecule has 1 heterocycles. The van der Waals surface area contributed by atoms with Gasteiger partial charge in [-0.1, -0.05) is 0 Å². The molecule has 1 saturated heterocycles. The summed E-state index contributed by atoms with van der Waals surface area (Å²) in [5.74, 6) is 1.50. The molecule has 5 atom stereocenters. The Hall–Kier alpha value is -1.30. The van der Waals surface area contributed by atoms with Crippen molar-refractivity contribution >= 4 is 12.0 Å². The Morgan fingerprint density at radius 2 is 2.16 bits per heavy atom. The van der Waals surface area contributed by atoms with Gasteiger partial charge in [0.1, 0.15) is 0 Å². The Morgan fingerprint density at radius 3 is 2.84 bits per heavy atom. The lowest BCUT2D eigenvalue weighted by molar-refractivity contribution is -0.134. The van der Waals surface area contributed by atoms with Crippen molar-refractivity contribution in [2.45, 2.75) is 31.4 Å². The SMILES string of the molecule is COC(=O)NCCC(=O)N1C[C@@H]2C[C@H]3C[C@H]2[C@H]1[C@H]3O. The molecule has 2 bridgehead atoms. The monoisotopic (exact) mass is 268 g/mol. The van der Waals surface area contributed by atoms with Gasteiger partial charge >= 0.3 is 6.09 Å². The Kier molecular flexibility index (Phi) is 3.12. The molecule has 6 heteroatoms. The maximum Gasteiger partial charge on any atom is 0.406 e. The first-order valence-electron chi connectivity index (χ1n) is 6.91. The van der Waals surface area contributed by atoms with Gasteiger partial charge in [0.2, 0.25) is 5.91 Å². The normalized spacial score (nSPS) is 38.6. The summed E-state index contributed by atoms with van der Waals surface area (Å²) in [6.07, 6.45) is 1.53. The first-order chi connectivity index (χ1) is 9.11. The summed E-state index contributed by atoms with van der Waals surface area (Å²) in [6, 6.07) is 0.0226. The van der Waals surface area contributed by atoms with Gasteiger partial charge in [-0.2, -0.15) is 0 Å².